The predicted octanol–water partition coefficient (Wildman–Crippen LogP) is 2.78. The van der Waals surface area contributed by atoms with Crippen molar-refractivity contribution in [3.63, 3.8) is 0 Å². The van der Waals surface area contributed by atoms with Gasteiger partial charge in [-0.1, -0.05) is 24.3 Å². The van der Waals surface area contributed by atoms with Crippen molar-refractivity contribution in [2.75, 3.05) is 13.1 Å². The molecule has 1 fully saturated rings. The van der Waals surface area contributed by atoms with Crippen LogP contribution in [0.25, 0.3) is 10.9 Å². The van der Waals surface area contributed by atoms with E-state index in [1.807, 2.05) is 30.3 Å². The molecule has 1 aliphatic heterocycles. The minimum atomic E-state index is -1.27. The number of piperidine rings is 1. The molecular formula is C14H15FN2. The van der Waals surface area contributed by atoms with Crippen molar-refractivity contribution >= 4 is 10.9 Å². The highest BCUT2D eigenvalue weighted by atomic mass is 19.1. The second kappa shape index (κ2) is 4.08. The molecule has 0 amide bonds. The summed E-state index contributed by atoms with van der Waals surface area (Å²) >= 11 is 0. The predicted molar refractivity (Wildman–Crippen MR) is 66.6 cm³/mol. The SMILES string of the molecule is FC1(c2cccc3cccnc23)CCCNC1. The molecule has 2 heterocycles. The van der Waals surface area contributed by atoms with E-state index < -0.39 is 5.67 Å². The van der Waals surface area contributed by atoms with Crippen molar-refractivity contribution in [2.45, 2.75) is 18.5 Å². The number of alkyl halides is 1. The summed E-state index contributed by atoms with van der Waals surface area (Å²) in [5.74, 6) is 0. The molecule has 2 aromatic rings. The molecule has 0 bridgehead atoms. The van der Waals surface area contributed by atoms with Crippen LogP contribution in [0.1, 0.15) is 18.4 Å². The fourth-order valence-electron chi connectivity index (χ4n) is 2.56. The van der Waals surface area contributed by atoms with Crippen LogP contribution in [0.3, 0.4) is 0 Å². The van der Waals surface area contributed by atoms with Crippen LogP contribution >= 0.6 is 0 Å². The molecule has 3 rings (SSSR count). The number of nitrogens with one attached hydrogen (secondary N) is 1. The Bertz CT molecular complexity index is 527. The van der Waals surface area contributed by atoms with Crippen LogP contribution in [0, 0.1) is 0 Å². The molecule has 17 heavy (non-hydrogen) atoms. The molecule has 1 aliphatic rings. The van der Waals surface area contributed by atoms with E-state index in [1.165, 1.54) is 0 Å². The van der Waals surface area contributed by atoms with E-state index in [9.17, 15) is 4.39 Å². The molecule has 1 atom stereocenters. The lowest BCUT2D eigenvalue weighted by atomic mass is 9.87. The Labute approximate surface area is 99.9 Å². The fraction of sp³-hybridized carbons (Fsp3) is 0.357. The van der Waals surface area contributed by atoms with E-state index in [4.69, 9.17) is 0 Å². The number of aromatic nitrogens is 1. The van der Waals surface area contributed by atoms with E-state index in [0.717, 1.165) is 29.4 Å². The second-order valence-electron chi connectivity index (χ2n) is 4.63. The monoisotopic (exact) mass is 230 g/mol. The molecule has 1 N–H and O–H groups in total. The lowest BCUT2D eigenvalue weighted by Crippen LogP contribution is -2.40. The largest absolute Gasteiger partial charge is 0.313 e. The average Bonchev–Trinajstić information content (AvgIpc) is 2.39. The van der Waals surface area contributed by atoms with Gasteiger partial charge in [0.2, 0.25) is 0 Å². The van der Waals surface area contributed by atoms with Gasteiger partial charge in [0.15, 0.2) is 5.67 Å². The van der Waals surface area contributed by atoms with Gasteiger partial charge >= 0.3 is 0 Å². The fourth-order valence-corrected chi connectivity index (χ4v) is 2.56. The van der Waals surface area contributed by atoms with Gasteiger partial charge in [-0.25, -0.2) is 4.39 Å². The Morgan fingerprint density at radius 2 is 2.12 bits per heavy atom. The van der Waals surface area contributed by atoms with Crippen molar-refractivity contribution in [1.29, 1.82) is 0 Å². The van der Waals surface area contributed by atoms with E-state index in [1.54, 1.807) is 6.20 Å². The van der Waals surface area contributed by atoms with Gasteiger partial charge in [0.1, 0.15) is 0 Å². The molecule has 0 saturated carbocycles. The van der Waals surface area contributed by atoms with Gasteiger partial charge in [-0.2, -0.15) is 0 Å². The summed E-state index contributed by atoms with van der Waals surface area (Å²) in [6.45, 7) is 1.30. The van der Waals surface area contributed by atoms with Gasteiger partial charge in [0.05, 0.1) is 5.52 Å². The lowest BCUT2D eigenvalue weighted by Gasteiger charge is -2.31. The summed E-state index contributed by atoms with van der Waals surface area (Å²) in [5.41, 5.74) is 0.246. The van der Waals surface area contributed by atoms with Gasteiger partial charge in [-0.15, -0.1) is 0 Å². The van der Waals surface area contributed by atoms with Crippen LogP contribution in [-0.2, 0) is 5.67 Å². The third kappa shape index (κ3) is 1.80. The van der Waals surface area contributed by atoms with Gasteiger partial charge in [-0.05, 0) is 25.5 Å². The molecule has 1 aromatic heterocycles. The number of nitrogens with zero attached hydrogens (tertiary/aromatic N) is 1. The maximum absolute atomic E-state index is 14.9. The molecular weight excluding hydrogens is 215 g/mol. The summed E-state index contributed by atoms with van der Waals surface area (Å²) in [7, 11) is 0. The zero-order valence-electron chi connectivity index (χ0n) is 9.62. The van der Waals surface area contributed by atoms with Crippen molar-refractivity contribution in [1.82, 2.24) is 10.3 Å². The highest BCUT2D eigenvalue weighted by molar-refractivity contribution is 5.82. The second-order valence-corrected chi connectivity index (χ2v) is 4.63. The first kappa shape index (κ1) is 10.7. The maximum atomic E-state index is 14.9. The van der Waals surface area contributed by atoms with Crippen LogP contribution in [0.4, 0.5) is 4.39 Å². The topological polar surface area (TPSA) is 24.9 Å². The third-order valence-electron chi connectivity index (χ3n) is 3.45. The number of halogens is 1. The summed E-state index contributed by atoms with van der Waals surface area (Å²) < 4.78 is 14.9. The van der Waals surface area contributed by atoms with Crippen LogP contribution in [-0.4, -0.2) is 18.1 Å². The number of hydrogen-bond acceptors (Lipinski definition) is 2. The lowest BCUT2D eigenvalue weighted by molar-refractivity contribution is 0.123. The summed E-state index contributed by atoms with van der Waals surface area (Å²) in [6.07, 6.45) is 3.18. The van der Waals surface area contributed by atoms with Crippen molar-refractivity contribution in [3.05, 3.63) is 42.1 Å². The Balaban J connectivity index is 2.16. The van der Waals surface area contributed by atoms with Gasteiger partial charge in [0, 0.05) is 23.7 Å². The number of rotatable bonds is 1. The normalized spacial score (nSPS) is 25.0. The van der Waals surface area contributed by atoms with Crippen molar-refractivity contribution in [2.24, 2.45) is 0 Å². The molecule has 0 radical (unpaired) electrons. The zero-order valence-corrected chi connectivity index (χ0v) is 9.62. The van der Waals surface area contributed by atoms with E-state index >= 15 is 0 Å². The Morgan fingerprint density at radius 1 is 1.24 bits per heavy atom. The van der Waals surface area contributed by atoms with Crippen LogP contribution < -0.4 is 5.32 Å². The maximum Gasteiger partial charge on any atom is 0.150 e. The molecule has 3 heteroatoms. The minimum absolute atomic E-state index is 0.392. The van der Waals surface area contributed by atoms with E-state index in [2.05, 4.69) is 10.3 Å². The van der Waals surface area contributed by atoms with Crippen molar-refractivity contribution < 1.29 is 4.39 Å². The quantitative estimate of drug-likeness (QED) is 0.814. The Morgan fingerprint density at radius 3 is 2.94 bits per heavy atom. The van der Waals surface area contributed by atoms with E-state index in [0.29, 0.717) is 13.0 Å². The number of para-hydroxylation sites is 1. The standard InChI is InChI=1S/C14H15FN2/c15-14(7-3-8-16-10-14)12-6-1-4-11-5-2-9-17-13(11)12/h1-2,4-6,9,16H,3,7-8,10H2. The summed E-state index contributed by atoms with van der Waals surface area (Å²) in [6, 6.07) is 9.62. The molecule has 88 valence electrons. The zero-order chi connectivity index (χ0) is 11.7. The average molecular weight is 230 g/mol. The van der Waals surface area contributed by atoms with Gasteiger partial charge in [-0.3, -0.25) is 4.98 Å². The molecule has 0 spiro atoms. The van der Waals surface area contributed by atoms with Gasteiger partial charge < -0.3 is 5.32 Å². The van der Waals surface area contributed by atoms with E-state index in [-0.39, 0.29) is 0 Å². The first-order valence-corrected chi connectivity index (χ1v) is 6.03. The first-order valence-electron chi connectivity index (χ1n) is 6.03. The van der Waals surface area contributed by atoms with Crippen LogP contribution in [0.5, 0.6) is 0 Å². The molecule has 1 aromatic carbocycles. The molecule has 2 nitrogen and oxygen atoms in total. The Kier molecular flexibility index (Phi) is 2.56. The first-order chi connectivity index (χ1) is 8.30. The highest BCUT2D eigenvalue weighted by Gasteiger charge is 2.35. The number of pyridine rings is 1. The van der Waals surface area contributed by atoms with Crippen LogP contribution in [0.2, 0.25) is 0 Å². The summed E-state index contributed by atoms with van der Waals surface area (Å²) in [4.78, 5) is 4.33. The number of hydrogen-bond donors (Lipinski definition) is 1. The van der Waals surface area contributed by atoms with Gasteiger partial charge in [0.25, 0.3) is 0 Å². The van der Waals surface area contributed by atoms with Crippen molar-refractivity contribution in [3.8, 4) is 0 Å². The highest BCUT2D eigenvalue weighted by Crippen LogP contribution is 2.36. The summed E-state index contributed by atoms with van der Waals surface area (Å²) in [5, 5.41) is 4.14. The Hall–Kier alpha value is -1.48. The number of fused-ring (bicyclic) bond motifs is 1. The number of benzene rings is 1. The van der Waals surface area contributed by atoms with Crippen LogP contribution in [0.15, 0.2) is 36.5 Å². The molecule has 1 unspecified atom stereocenters. The minimum Gasteiger partial charge on any atom is -0.313 e. The molecule has 1 saturated heterocycles. The third-order valence-corrected chi connectivity index (χ3v) is 3.45. The smallest absolute Gasteiger partial charge is 0.150 e. The molecule has 0 aliphatic carbocycles.